The average Bonchev–Trinajstić information content (AvgIpc) is 1.77. The normalized spacial score (nSPS) is 26.0. The molecule has 0 spiro atoms. The highest BCUT2D eigenvalue weighted by Gasteiger charge is 2.37. The Morgan fingerprint density at radius 3 is 1.42 bits per heavy atom. The molecule has 0 saturated heterocycles. The van der Waals surface area contributed by atoms with Gasteiger partial charge >= 0.3 is 0 Å². The lowest BCUT2D eigenvalue weighted by atomic mass is 9.61. The average molecular weight is 166 g/mol. The van der Waals surface area contributed by atoms with Crippen molar-refractivity contribution in [3.05, 3.63) is 0 Å². The van der Waals surface area contributed by atoms with E-state index in [0.29, 0.717) is 0 Å². The van der Waals surface area contributed by atoms with Gasteiger partial charge in [0.15, 0.2) is 0 Å². The Bertz CT molecular complexity index is 126. The first-order valence-electron chi connectivity index (χ1n) is 5.79. The fraction of sp³-hybridized carbons (Fsp3) is 1.00. The van der Waals surface area contributed by atoms with Crippen molar-refractivity contribution in [1.82, 2.24) is 0 Å². The van der Waals surface area contributed by atoms with Gasteiger partial charge in [-0.3, -0.25) is 0 Å². The summed E-state index contributed by atoms with van der Waals surface area (Å²) in [5.74, 6) is 4.28. The first-order chi connectivity index (χ1) is 5.79. The van der Waals surface area contributed by atoms with Gasteiger partial charge in [-0.15, -0.1) is 0 Å². The molecule has 2 aliphatic carbocycles. The molecule has 0 nitrogen and oxygen atoms in total. The molecule has 0 bridgehead atoms. The van der Waals surface area contributed by atoms with E-state index >= 15 is 0 Å². The molecule has 2 rings (SSSR count). The summed E-state index contributed by atoms with van der Waals surface area (Å²) in [6.45, 7) is 4.86. The molecule has 2 saturated carbocycles. The molecule has 0 heterocycles. The van der Waals surface area contributed by atoms with E-state index in [1.807, 2.05) is 0 Å². The maximum absolute atomic E-state index is 2.43. The lowest BCUT2D eigenvalue weighted by Gasteiger charge is -2.45. The standard InChI is InChI=1S/C12H22/c1-9(2)12(10-5-3-6-10)11-7-4-8-11/h9-12H,3-8H2,1-2H3. The van der Waals surface area contributed by atoms with Gasteiger partial charge in [-0.05, 0) is 23.7 Å². The van der Waals surface area contributed by atoms with Gasteiger partial charge in [-0.1, -0.05) is 52.4 Å². The Morgan fingerprint density at radius 2 is 1.25 bits per heavy atom. The second kappa shape index (κ2) is 3.40. The molecule has 0 heteroatoms. The van der Waals surface area contributed by atoms with Crippen molar-refractivity contribution in [2.45, 2.75) is 52.4 Å². The molecule has 0 N–H and O–H groups in total. The summed E-state index contributed by atoms with van der Waals surface area (Å²) in [7, 11) is 0. The molecular formula is C12H22. The van der Waals surface area contributed by atoms with E-state index in [0.717, 1.165) is 23.7 Å². The molecule has 0 aromatic heterocycles. The zero-order valence-corrected chi connectivity index (χ0v) is 8.55. The summed E-state index contributed by atoms with van der Waals surface area (Å²) in [6.07, 6.45) is 9.19. The van der Waals surface area contributed by atoms with E-state index in [4.69, 9.17) is 0 Å². The van der Waals surface area contributed by atoms with Crippen molar-refractivity contribution in [2.75, 3.05) is 0 Å². The molecule has 0 aromatic rings. The van der Waals surface area contributed by atoms with E-state index in [1.54, 1.807) is 25.7 Å². The molecule has 0 atom stereocenters. The molecule has 70 valence electrons. The van der Waals surface area contributed by atoms with Crippen molar-refractivity contribution >= 4 is 0 Å². The lowest BCUT2D eigenvalue weighted by molar-refractivity contribution is 0.0566. The fourth-order valence-electron chi connectivity index (χ4n) is 3.12. The smallest absolute Gasteiger partial charge is 0.0334 e. The van der Waals surface area contributed by atoms with E-state index in [-0.39, 0.29) is 0 Å². The van der Waals surface area contributed by atoms with Crippen LogP contribution in [0.4, 0.5) is 0 Å². The topological polar surface area (TPSA) is 0 Å². The summed E-state index contributed by atoms with van der Waals surface area (Å²) >= 11 is 0. The van der Waals surface area contributed by atoms with E-state index < -0.39 is 0 Å². The number of rotatable bonds is 3. The Balaban J connectivity index is 1.91. The van der Waals surface area contributed by atoms with Gasteiger partial charge in [-0.25, -0.2) is 0 Å². The zero-order valence-electron chi connectivity index (χ0n) is 8.55. The summed E-state index contributed by atoms with van der Waals surface area (Å²) in [5, 5.41) is 0. The predicted octanol–water partition coefficient (Wildman–Crippen LogP) is 3.86. The van der Waals surface area contributed by atoms with Crippen LogP contribution in [0.5, 0.6) is 0 Å². The summed E-state index contributed by atoms with van der Waals surface area (Å²) < 4.78 is 0. The van der Waals surface area contributed by atoms with Crippen LogP contribution in [0.2, 0.25) is 0 Å². The Hall–Kier alpha value is 0. The third kappa shape index (κ3) is 1.41. The maximum atomic E-state index is 2.43. The van der Waals surface area contributed by atoms with Crippen LogP contribution in [-0.2, 0) is 0 Å². The highest BCUT2D eigenvalue weighted by Crippen LogP contribution is 2.47. The van der Waals surface area contributed by atoms with Gasteiger partial charge in [0.05, 0.1) is 0 Å². The lowest BCUT2D eigenvalue weighted by Crippen LogP contribution is -2.35. The monoisotopic (exact) mass is 166 g/mol. The Morgan fingerprint density at radius 1 is 0.833 bits per heavy atom. The summed E-state index contributed by atoms with van der Waals surface area (Å²) in [4.78, 5) is 0. The molecule has 2 aliphatic rings. The third-order valence-electron chi connectivity index (χ3n) is 4.16. The molecule has 0 aromatic carbocycles. The SMILES string of the molecule is CC(C)C(C1CCC1)C1CCC1. The van der Waals surface area contributed by atoms with E-state index in [9.17, 15) is 0 Å². The van der Waals surface area contributed by atoms with Crippen LogP contribution in [0.15, 0.2) is 0 Å². The Labute approximate surface area is 76.7 Å². The maximum Gasteiger partial charge on any atom is -0.0334 e. The molecule has 0 unspecified atom stereocenters. The van der Waals surface area contributed by atoms with Gasteiger partial charge in [0, 0.05) is 0 Å². The Kier molecular flexibility index (Phi) is 2.43. The number of hydrogen-bond acceptors (Lipinski definition) is 0. The zero-order chi connectivity index (χ0) is 8.55. The minimum atomic E-state index is 0.945. The molecule has 0 aliphatic heterocycles. The molecule has 12 heavy (non-hydrogen) atoms. The van der Waals surface area contributed by atoms with Gasteiger partial charge in [-0.2, -0.15) is 0 Å². The fourth-order valence-corrected chi connectivity index (χ4v) is 3.12. The summed E-state index contributed by atoms with van der Waals surface area (Å²) in [6, 6.07) is 0. The molecular weight excluding hydrogens is 144 g/mol. The van der Waals surface area contributed by atoms with Gasteiger partial charge < -0.3 is 0 Å². The molecule has 0 radical (unpaired) electrons. The van der Waals surface area contributed by atoms with Crippen molar-refractivity contribution in [1.29, 1.82) is 0 Å². The predicted molar refractivity (Wildman–Crippen MR) is 53.0 cm³/mol. The van der Waals surface area contributed by atoms with Crippen LogP contribution in [0.1, 0.15) is 52.4 Å². The van der Waals surface area contributed by atoms with Crippen LogP contribution >= 0.6 is 0 Å². The third-order valence-corrected chi connectivity index (χ3v) is 4.16. The second-order valence-electron chi connectivity index (χ2n) is 5.20. The van der Waals surface area contributed by atoms with E-state index in [1.165, 1.54) is 12.8 Å². The van der Waals surface area contributed by atoms with Gasteiger partial charge in [0.2, 0.25) is 0 Å². The highest BCUT2D eigenvalue weighted by atomic mass is 14.4. The minimum absolute atomic E-state index is 0.945. The van der Waals surface area contributed by atoms with Gasteiger partial charge in [0.1, 0.15) is 0 Å². The first-order valence-corrected chi connectivity index (χ1v) is 5.79. The van der Waals surface area contributed by atoms with Crippen LogP contribution in [0, 0.1) is 23.7 Å². The van der Waals surface area contributed by atoms with E-state index in [2.05, 4.69) is 13.8 Å². The van der Waals surface area contributed by atoms with Crippen LogP contribution < -0.4 is 0 Å². The minimum Gasteiger partial charge on any atom is -0.0625 e. The van der Waals surface area contributed by atoms with Crippen LogP contribution in [0.3, 0.4) is 0 Å². The van der Waals surface area contributed by atoms with Crippen molar-refractivity contribution in [3.63, 3.8) is 0 Å². The number of hydrogen-bond donors (Lipinski definition) is 0. The van der Waals surface area contributed by atoms with Crippen molar-refractivity contribution in [3.8, 4) is 0 Å². The second-order valence-corrected chi connectivity index (χ2v) is 5.20. The first kappa shape index (κ1) is 8.59. The van der Waals surface area contributed by atoms with Gasteiger partial charge in [0.25, 0.3) is 0 Å². The summed E-state index contributed by atoms with van der Waals surface area (Å²) in [5.41, 5.74) is 0. The van der Waals surface area contributed by atoms with Crippen LogP contribution in [0.25, 0.3) is 0 Å². The quantitative estimate of drug-likeness (QED) is 0.597. The van der Waals surface area contributed by atoms with Crippen LogP contribution in [-0.4, -0.2) is 0 Å². The molecule has 2 fully saturated rings. The van der Waals surface area contributed by atoms with Crippen molar-refractivity contribution < 1.29 is 0 Å². The highest BCUT2D eigenvalue weighted by molar-refractivity contribution is 4.87. The largest absolute Gasteiger partial charge is 0.0625 e. The van der Waals surface area contributed by atoms with Crippen molar-refractivity contribution in [2.24, 2.45) is 23.7 Å². The molecule has 0 amide bonds.